The van der Waals surface area contributed by atoms with Crippen molar-refractivity contribution in [2.45, 2.75) is 39.8 Å². The highest BCUT2D eigenvalue weighted by atomic mass is 32.1. The third kappa shape index (κ3) is 4.79. The van der Waals surface area contributed by atoms with Crippen LogP contribution in [0.1, 0.15) is 35.8 Å². The van der Waals surface area contributed by atoms with Gasteiger partial charge in [0.15, 0.2) is 0 Å². The summed E-state index contributed by atoms with van der Waals surface area (Å²) >= 11 is 1.69. The van der Waals surface area contributed by atoms with Crippen LogP contribution in [0.5, 0.6) is 5.75 Å². The maximum atomic E-state index is 12.8. The van der Waals surface area contributed by atoms with Gasteiger partial charge in [0.2, 0.25) is 0 Å². The highest BCUT2D eigenvalue weighted by Gasteiger charge is 2.10. The minimum absolute atomic E-state index is 0.255. The predicted molar refractivity (Wildman–Crippen MR) is 84.2 cm³/mol. The lowest BCUT2D eigenvalue weighted by Gasteiger charge is -2.03. The number of benzene rings is 1. The van der Waals surface area contributed by atoms with Gasteiger partial charge in [-0.05, 0) is 37.2 Å². The Morgan fingerprint density at radius 2 is 2.00 bits per heavy atom. The number of nitrogens with zero attached hydrogens (tertiary/aromatic N) is 1. The third-order valence-electron chi connectivity index (χ3n) is 3.02. The first-order valence-electron chi connectivity index (χ1n) is 7.29. The van der Waals surface area contributed by atoms with Crippen LogP contribution in [-0.4, -0.2) is 11.5 Å². The zero-order valence-electron chi connectivity index (χ0n) is 12.5. The molecule has 5 heteroatoms. The van der Waals surface area contributed by atoms with E-state index in [1.165, 1.54) is 22.7 Å². The van der Waals surface area contributed by atoms with E-state index >= 15 is 0 Å². The van der Waals surface area contributed by atoms with Crippen LogP contribution >= 0.6 is 11.3 Å². The van der Waals surface area contributed by atoms with E-state index in [1.54, 1.807) is 23.5 Å². The number of ether oxygens (including phenoxy) is 1. The average molecular weight is 308 g/mol. The van der Waals surface area contributed by atoms with Gasteiger partial charge in [0.1, 0.15) is 23.2 Å². The van der Waals surface area contributed by atoms with Crippen molar-refractivity contribution in [3.05, 3.63) is 45.7 Å². The molecule has 0 saturated heterocycles. The molecule has 0 aliphatic carbocycles. The number of halogens is 1. The van der Waals surface area contributed by atoms with Crippen LogP contribution in [0.2, 0.25) is 0 Å². The van der Waals surface area contributed by atoms with Crippen molar-refractivity contribution in [2.75, 3.05) is 6.54 Å². The van der Waals surface area contributed by atoms with Crippen molar-refractivity contribution in [1.82, 2.24) is 10.3 Å². The van der Waals surface area contributed by atoms with Gasteiger partial charge in [-0.1, -0.05) is 20.3 Å². The van der Waals surface area contributed by atoms with Crippen molar-refractivity contribution in [1.29, 1.82) is 0 Å². The number of aromatic nitrogens is 1. The number of rotatable bonds is 8. The molecule has 1 aromatic heterocycles. The molecule has 0 saturated carbocycles. The van der Waals surface area contributed by atoms with Crippen molar-refractivity contribution in [3.63, 3.8) is 0 Å². The number of nitrogens with one attached hydrogen (secondary N) is 1. The number of aryl methyl sites for hydroxylation is 1. The lowest BCUT2D eigenvalue weighted by molar-refractivity contribution is 0.305. The second-order valence-corrected chi connectivity index (χ2v) is 5.92. The highest BCUT2D eigenvalue weighted by molar-refractivity contribution is 7.11. The molecule has 21 heavy (non-hydrogen) atoms. The van der Waals surface area contributed by atoms with Crippen molar-refractivity contribution in [3.8, 4) is 5.75 Å². The van der Waals surface area contributed by atoms with E-state index in [-0.39, 0.29) is 5.82 Å². The molecule has 1 heterocycles. The molecule has 114 valence electrons. The highest BCUT2D eigenvalue weighted by Crippen LogP contribution is 2.22. The van der Waals surface area contributed by atoms with E-state index in [1.807, 2.05) is 0 Å². The summed E-state index contributed by atoms with van der Waals surface area (Å²) < 4.78 is 18.5. The van der Waals surface area contributed by atoms with Crippen LogP contribution in [0.3, 0.4) is 0 Å². The number of hydrogen-bond acceptors (Lipinski definition) is 4. The molecule has 1 aromatic carbocycles. The molecule has 0 unspecified atom stereocenters. The summed E-state index contributed by atoms with van der Waals surface area (Å²) in [5, 5.41) is 4.31. The molecule has 0 spiro atoms. The normalized spacial score (nSPS) is 10.8. The molecule has 0 atom stereocenters. The molecule has 0 aliphatic rings. The van der Waals surface area contributed by atoms with E-state index in [2.05, 4.69) is 24.1 Å². The Kier molecular flexibility index (Phi) is 6.14. The van der Waals surface area contributed by atoms with Crippen LogP contribution in [0.25, 0.3) is 0 Å². The second-order valence-electron chi connectivity index (χ2n) is 4.75. The monoisotopic (exact) mass is 308 g/mol. The lowest BCUT2D eigenvalue weighted by Crippen LogP contribution is -2.11. The number of thiazole rings is 1. The SMILES string of the molecule is CCCc1nc(COc2ccc(F)cc2)sc1CNCC. The maximum absolute atomic E-state index is 12.8. The van der Waals surface area contributed by atoms with Crippen LogP contribution in [0.15, 0.2) is 24.3 Å². The predicted octanol–water partition coefficient (Wildman–Crippen LogP) is 3.92. The Hall–Kier alpha value is -1.46. The Balaban J connectivity index is 2.00. The quantitative estimate of drug-likeness (QED) is 0.802. The third-order valence-corrected chi connectivity index (χ3v) is 4.09. The molecule has 0 bridgehead atoms. The fourth-order valence-electron chi connectivity index (χ4n) is 1.98. The van der Waals surface area contributed by atoms with Crippen molar-refractivity contribution in [2.24, 2.45) is 0 Å². The Morgan fingerprint density at radius 1 is 1.24 bits per heavy atom. The van der Waals surface area contributed by atoms with E-state index in [0.29, 0.717) is 12.4 Å². The van der Waals surface area contributed by atoms with Gasteiger partial charge in [-0.15, -0.1) is 11.3 Å². The van der Waals surface area contributed by atoms with Gasteiger partial charge in [0, 0.05) is 11.4 Å². The second kappa shape index (κ2) is 8.10. The molecular formula is C16H21FN2OS. The van der Waals surface area contributed by atoms with Crippen LogP contribution < -0.4 is 10.1 Å². The van der Waals surface area contributed by atoms with Gasteiger partial charge in [-0.25, -0.2) is 9.37 Å². The molecule has 0 aliphatic heterocycles. The topological polar surface area (TPSA) is 34.1 Å². The Morgan fingerprint density at radius 3 is 2.67 bits per heavy atom. The number of hydrogen-bond donors (Lipinski definition) is 1. The van der Waals surface area contributed by atoms with E-state index < -0.39 is 0 Å². The smallest absolute Gasteiger partial charge is 0.140 e. The largest absolute Gasteiger partial charge is 0.486 e. The van der Waals surface area contributed by atoms with Gasteiger partial charge in [-0.3, -0.25) is 0 Å². The van der Waals surface area contributed by atoms with Gasteiger partial charge < -0.3 is 10.1 Å². The standard InChI is InChI=1S/C16H21FN2OS/c1-3-5-14-15(10-18-4-2)21-16(19-14)11-20-13-8-6-12(17)7-9-13/h6-9,18H,3-5,10-11H2,1-2H3. The van der Waals surface area contributed by atoms with Crippen LogP contribution in [-0.2, 0) is 19.6 Å². The molecule has 3 nitrogen and oxygen atoms in total. The molecule has 0 radical (unpaired) electrons. The molecule has 2 aromatic rings. The van der Waals surface area contributed by atoms with E-state index in [9.17, 15) is 4.39 Å². The van der Waals surface area contributed by atoms with Crippen molar-refractivity contribution >= 4 is 11.3 Å². The van der Waals surface area contributed by atoms with Crippen LogP contribution in [0.4, 0.5) is 4.39 Å². The first kappa shape index (κ1) is 15.9. The summed E-state index contributed by atoms with van der Waals surface area (Å²) in [4.78, 5) is 5.95. The van der Waals surface area contributed by atoms with E-state index in [4.69, 9.17) is 4.74 Å². The molecule has 1 N–H and O–H groups in total. The van der Waals surface area contributed by atoms with Crippen molar-refractivity contribution < 1.29 is 9.13 Å². The molecular weight excluding hydrogens is 287 g/mol. The minimum Gasteiger partial charge on any atom is -0.486 e. The zero-order chi connectivity index (χ0) is 15.1. The maximum Gasteiger partial charge on any atom is 0.140 e. The summed E-state index contributed by atoms with van der Waals surface area (Å²) in [6.07, 6.45) is 2.08. The van der Waals surface area contributed by atoms with Gasteiger partial charge in [0.25, 0.3) is 0 Å². The molecule has 2 rings (SSSR count). The van der Waals surface area contributed by atoms with Gasteiger partial charge in [0.05, 0.1) is 5.69 Å². The molecule has 0 fully saturated rings. The summed E-state index contributed by atoms with van der Waals surface area (Å²) in [6, 6.07) is 6.07. The molecule has 0 amide bonds. The fraction of sp³-hybridized carbons (Fsp3) is 0.438. The Labute approximate surface area is 129 Å². The first-order chi connectivity index (χ1) is 10.2. The first-order valence-corrected chi connectivity index (χ1v) is 8.11. The zero-order valence-corrected chi connectivity index (χ0v) is 13.3. The summed E-state index contributed by atoms with van der Waals surface area (Å²) in [7, 11) is 0. The lowest BCUT2D eigenvalue weighted by atomic mass is 10.2. The van der Waals surface area contributed by atoms with E-state index in [0.717, 1.165) is 30.9 Å². The summed E-state index contributed by atoms with van der Waals surface area (Å²) in [5.74, 6) is 0.409. The average Bonchev–Trinajstić information content (AvgIpc) is 2.87. The van der Waals surface area contributed by atoms with Crippen LogP contribution in [0, 0.1) is 5.82 Å². The van der Waals surface area contributed by atoms with Gasteiger partial charge >= 0.3 is 0 Å². The fourth-order valence-corrected chi connectivity index (χ4v) is 2.98. The van der Waals surface area contributed by atoms with Gasteiger partial charge in [-0.2, -0.15) is 0 Å². The Bertz CT molecular complexity index is 554. The summed E-state index contributed by atoms with van der Waals surface area (Å²) in [5.41, 5.74) is 1.17. The minimum atomic E-state index is -0.255. The summed E-state index contributed by atoms with van der Waals surface area (Å²) in [6.45, 7) is 6.49.